The number of rotatable bonds is 4. The quantitative estimate of drug-likeness (QED) is 0.843. The fourth-order valence-corrected chi connectivity index (χ4v) is 3.83. The third kappa shape index (κ3) is 3.30. The maximum atomic E-state index is 12.4. The van der Waals surface area contributed by atoms with Crippen LogP contribution in [0.4, 0.5) is 5.82 Å². The number of piperidine rings is 1. The Morgan fingerprint density at radius 3 is 2.54 bits per heavy atom. The molecule has 2 aromatic rings. The molecule has 1 saturated heterocycles. The molecule has 0 radical (unpaired) electrons. The first-order valence-electron chi connectivity index (χ1n) is 9.05. The second kappa shape index (κ2) is 7.61. The Balaban J connectivity index is 1.97. The minimum Gasteiger partial charge on any atom is -0.354 e. The van der Waals surface area contributed by atoms with Crippen LogP contribution in [0.2, 0.25) is 0 Å². The summed E-state index contributed by atoms with van der Waals surface area (Å²) in [6.07, 6.45) is 4.98. The number of aromatic nitrogens is 2. The summed E-state index contributed by atoms with van der Waals surface area (Å²) in [5, 5.41) is 9.56. The van der Waals surface area contributed by atoms with Crippen LogP contribution in [0.15, 0.2) is 39.9 Å². The van der Waals surface area contributed by atoms with Crippen LogP contribution in [0, 0.1) is 11.3 Å². The lowest BCUT2D eigenvalue weighted by Gasteiger charge is -2.38. The SMILES string of the molecule is Cn1c(N2CCCCC2CCc2ccccc2)c(C#N)c(=O)n(C)c1=O. The number of aryl methyl sites for hydroxylation is 1. The van der Waals surface area contributed by atoms with E-state index >= 15 is 0 Å². The Bertz CT molecular complexity index is 937. The van der Waals surface area contributed by atoms with E-state index in [9.17, 15) is 14.9 Å². The Morgan fingerprint density at radius 2 is 1.85 bits per heavy atom. The Morgan fingerprint density at radius 1 is 1.12 bits per heavy atom. The highest BCUT2D eigenvalue weighted by atomic mass is 16.2. The van der Waals surface area contributed by atoms with Gasteiger partial charge in [-0.1, -0.05) is 30.3 Å². The largest absolute Gasteiger partial charge is 0.354 e. The summed E-state index contributed by atoms with van der Waals surface area (Å²) in [4.78, 5) is 26.9. The van der Waals surface area contributed by atoms with Crippen molar-refractivity contribution in [1.29, 1.82) is 5.26 Å². The van der Waals surface area contributed by atoms with Gasteiger partial charge < -0.3 is 4.90 Å². The molecule has 1 aromatic carbocycles. The van der Waals surface area contributed by atoms with Gasteiger partial charge >= 0.3 is 5.69 Å². The van der Waals surface area contributed by atoms with Gasteiger partial charge in [-0.3, -0.25) is 13.9 Å². The van der Waals surface area contributed by atoms with Crippen molar-refractivity contribution in [2.75, 3.05) is 11.4 Å². The molecule has 1 fully saturated rings. The van der Waals surface area contributed by atoms with Crippen LogP contribution in [0.1, 0.15) is 36.8 Å². The molecule has 6 nitrogen and oxygen atoms in total. The highest BCUT2D eigenvalue weighted by molar-refractivity contribution is 5.54. The van der Waals surface area contributed by atoms with Crippen molar-refractivity contribution >= 4 is 5.82 Å². The van der Waals surface area contributed by atoms with Crippen LogP contribution in [0.25, 0.3) is 0 Å². The van der Waals surface area contributed by atoms with Crippen molar-refractivity contribution in [1.82, 2.24) is 9.13 Å². The maximum absolute atomic E-state index is 12.4. The molecule has 0 spiro atoms. The lowest BCUT2D eigenvalue weighted by atomic mass is 9.95. The van der Waals surface area contributed by atoms with Crippen LogP contribution in [-0.2, 0) is 20.5 Å². The molecule has 6 heteroatoms. The Hall–Kier alpha value is -2.81. The molecule has 2 heterocycles. The van der Waals surface area contributed by atoms with Crippen molar-refractivity contribution in [3.63, 3.8) is 0 Å². The Labute approximate surface area is 152 Å². The van der Waals surface area contributed by atoms with Gasteiger partial charge in [0.15, 0.2) is 5.56 Å². The molecule has 0 bridgehead atoms. The van der Waals surface area contributed by atoms with Gasteiger partial charge in [0.05, 0.1) is 0 Å². The van der Waals surface area contributed by atoms with E-state index in [-0.39, 0.29) is 11.6 Å². The Kier molecular flexibility index (Phi) is 5.27. The molecule has 26 heavy (non-hydrogen) atoms. The lowest BCUT2D eigenvalue weighted by Crippen LogP contribution is -2.47. The number of nitriles is 1. The van der Waals surface area contributed by atoms with Crippen molar-refractivity contribution < 1.29 is 0 Å². The van der Waals surface area contributed by atoms with Crippen LogP contribution >= 0.6 is 0 Å². The fourth-order valence-electron chi connectivity index (χ4n) is 3.83. The first kappa shape index (κ1) is 18.0. The standard InChI is InChI=1S/C20H24N4O2/c1-22-18(17(14-21)19(25)23(2)20(22)26)24-13-7-6-10-16(24)12-11-15-8-4-3-5-9-15/h3-5,8-9,16H,6-7,10-13H2,1-2H3. The van der Waals surface area contributed by atoms with E-state index in [1.165, 1.54) is 17.2 Å². The summed E-state index contributed by atoms with van der Waals surface area (Å²) in [6, 6.07) is 12.5. The van der Waals surface area contributed by atoms with E-state index in [2.05, 4.69) is 17.0 Å². The van der Waals surface area contributed by atoms with Crippen molar-refractivity contribution in [3.8, 4) is 6.07 Å². The zero-order chi connectivity index (χ0) is 18.7. The van der Waals surface area contributed by atoms with Gasteiger partial charge in [-0.2, -0.15) is 5.26 Å². The predicted octanol–water partition coefficient (Wildman–Crippen LogP) is 1.95. The monoisotopic (exact) mass is 352 g/mol. The van der Waals surface area contributed by atoms with Gasteiger partial charge in [-0.15, -0.1) is 0 Å². The summed E-state index contributed by atoms with van der Waals surface area (Å²) < 4.78 is 2.45. The lowest BCUT2D eigenvalue weighted by molar-refractivity contribution is 0.428. The fraction of sp³-hybridized carbons (Fsp3) is 0.450. The second-order valence-corrected chi connectivity index (χ2v) is 6.88. The van der Waals surface area contributed by atoms with Crippen LogP contribution in [-0.4, -0.2) is 21.7 Å². The molecular formula is C20H24N4O2. The highest BCUT2D eigenvalue weighted by Gasteiger charge is 2.28. The molecule has 1 atom stereocenters. The van der Waals surface area contributed by atoms with E-state index in [0.29, 0.717) is 5.82 Å². The molecule has 1 aliphatic heterocycles. The second-order valence-electron chi connectivity index (χ2n) is 6.88. The summed E-state index contributed by atoms with van der Waals surface area (Å²) in [7, 11) is 3.05. The zero-order valence-electron chi connectivity index (χ0n) is 15.3. The number of nitrogens with zero attached hydrogens (tertiary/aromatic N) is 4. The summed E-state index contributed by atoms with van der Waals surface area (Å²) in [5.74, 6) is 0.471. The smallest absolute Gasteiger partial charge is 0.332 e. The average Bonchev–Trinajstić information content (AvgIpc) is 2.68. The van der Waals surface area contributed by atoms with Gasteiger partial charge in [-0.25, -0.2) is 4.79 Å². The molecular weight excluding hydrogens is 328 g/mol. The molecule has 0 N–H and O–H groups in total. The number of anilines is 1. The van der Waals surface area contributed by atoms with Crippen LogP contribution in [0.5, 0.6) is 0 Å². The maximum Gasteiger partial charge on any atom is 0.332 e. The molecule has 1 aliphatic rings. The van der Waals surface area contributed by atoms with Crippen LogP contribution in [0.3, 0.4) is 0 Å². The van der Waals surface area contributed by atoms with E-state index in [1.807, 2.05) is 24.3 Å². The van der Waals surface area contributed by atoms with Crippen LogP contribution < -0.4 is 16.1 Å². The normalized spacial score (nSPS) is 17.1. The zero-order valence-corrected chi connectivity index (χ0v) is 15.3. The van der Waals surface area contributed by atoms with Gasteiger partial charge in [0.1, 0.15) is 11.9 Å². The van der Waals surface area contributed by atoms with E-state index in [1.54, 1.807) is 7.05 Å². The molecule has 136 valence electrons. The highest BCUT2D eigenvalue weighted by Crippen LogP contribution is 2.27. The van der Waals surface area contributed by atoms with Gasteiger partial charge in [-0.05, 0) is 37.7 Å². The third-order valence-corrected chi connectivity index (χ3v) is 5.25. The number of hydrogen-bond acceptors (Lipinski definition) is 4. The average molecular weight is 352 g/mol. The molecule has 0 aliphatic carbocycles. The molecule has 1 aromatic heterocycles. The minimum atomic E-state index is -0.516. The number of hydrogen-bond donors (Lipinski definition) is 0. The van der Waals surface area contributed by atoms with Crippen molar-refractivity contribution in [2.45, 2.75) is 38.1 Å². The molecule has 0 saturated carbocycles. The number of benzene rings is 1. The van der Waals surface area contributed by atoms with Gasteiger partial charge in [0.25, 0.3) is 5.56 Å². The van der Waals surface area contributed by atoms with Gasteiger partial charge in [0.2, 0.25) is 0 Å². The van der Waals surface area contributed by atoms with Crippen molar-refractivity contribution in [2.24, 2.45) is 14.1 Å². The van der Waals surface area contributed by atoms with E-state index < -0.39 is 11.2 Å². The summed E-state index contributed by atoms with van der Waals surface area (Å²) in [5.41, 5.74) is 0.423. The van der Waals surface area contributed by atoms with E-state index in [0.717, 1.165) is 43.2 Å². The van der Waals surface area contributed by atoms with Crippen molar-refractivity contribution in [3.05, 3.63) is 62.3 Å². The topological polar surface area (TPSA) is 71.0 Å². The molecule has 3 rings (SSSR count). The molecule has 0 amide bonds. The molecule has 1 unspecified atom stereocenters. The summed E-state index contributed by atoms with van der Waals surface area (Å²) >= 11 is 0. The predicted molar refractivity (Wildman–Crippen MR) is 101 cm³/mol. The first-order chi connectivity index (χ1) is 12.5. The minimum absolute atomic E-state index is 0.0567. The first-order valence-corrected chi connectivity index (χ1v) is 9.05. The third-order valence-electron chi connectivity index (χ3n) is 5.25. The summed E-state index contributed by atoms with van der Waals surface area (Å²) in [6.45, 7) is 0.759. The van der Waals surface area contributed by atoms with E-state index in [4.69, 9.17) is 0 Å². The van der Waals surface area contributed by atoms with Gasteiger partial charge in [0, 0.05) is 26.7 Å².